The second-order valence-corrected chi connectivity index (χ2v) is 42.6. The molecule has 14 heteroatoms. The summed E-state index contributed by atoms with van der Waals surface area (Å²) < 4.78 is 1.25. The third kappa shape index (κ3) is 3.79. The molecule has 0 unspecified atom stereocenters. The third-order valence-electron chi connectivity index (χ3n) is 0.910. The Kier molecular flexibility index (Phi) is 7.35. The number of hydrogen-bond donors (Lipinski definition) is 1. The maximum atomic E-state index is 5.26. The molecular weight excluding hydrogens is 461 g/mol. The lowest BCUT2D eigenvalue weighted by atomic mass is 11.9. The molecule has 0 radical (unpaired) electrons. The lowest BCUT2D eigenvalue weighted by Crippen LogP contribution is -2.22. The molecule has 0 heterocycles. The smallest absolute Gasteiger partial charge is 0.0537 e. The molecule has 0 nitrogen and oxygen atoms in total. The van der Waals surface area contributed by atoms with Gasteiger partial charge in [-0.15, -0.1) is 0 Å². The van der Waals surface area contributed by atoms with Crippen LogP contribution in [0, 0.1) is 0 Å². The molecule has 0 aliphatic rings. The number of thiocarbonyl (C=S) groups is 1. The minimum absolute atomic E-state index is 1.25. The molecule has 0 fully saturated rings. The summed E-state index contributed by atoms with van der Waals surface area (Å²) in [5, 5.41) is -7.25. The van der Waals surface area contributed by atoms with Gasteiger partial charge in [-0.2, -0.15) is 0 Å². The quantitative estimate of drug-likeness (QED) is 0.363. The van der Waals surface area contributed by atoms with E-state index in [4.69, 9.17) is 102 Å². The summed E-state index contributed by atoms with van der Waals surface area (Å²) in [5.74, 6) is 0. The predicted octanol–water partition coefficient (Wildman–Crippen LogP) is 0.845. The van der Waals surface area contributed by atoms with Gasteiger partial charge in [-0.1, -0.05) is 23.9 Å². The highest BCUT2D eigenvalue weighted by molar-refractivity contribution is 9.57. The van der Waals surface area contributed by atoms with Gasteiger partial charge in [-0.05, 0) is 89.5 Å². The van der Waals surface area contributed by atoms with E-state index in [1.807, 2.05) is 0 Å². The van der Waals surface area contributed by atoms with Crippen LogP contribution in [-0.4, -0.2) is 4.70 Å². The average molecular weight is 463 g/mol. The fourth-order valence-electron chi connectivity index (χ4n) is 0.270. The molecule has 0 aromatic carbocycles. The Morgan fingerprint density at radius 2 is 1.07 bits per heavy atom. The first kappa shape index (κ1) is 18.6. The zero-order chi connectivity index (χ0) is 12.7. The van der Waals surface area contributed by atoms with Gasteiger partial charge in [0.15, 0.2) is 0 Å². The van der Waals surface area contributed by atoms with Gasteiger partial charge in [0.1, 0.15) is 0 Å². The topological polar surface area (TPSA) is 0 Å². The molecule has 0 aliphatic carbocycles. The van der Waals surface area contributed by atoms with Crippen LogP contribution in [0.25, 0.3) is 0 Å². The highest BCUT2D eigenvalue weighted by Crippen LogP contribution is 2.25. The normalized spacial score (nSPS) is 14.7. The molecule has 0 N–H and O–H groups in total. The Labute approximate surface area is 137 Å². The van der Waals surface area contributed by atoms with Crippen LogP contribution in [0.1, 0.15) is 0 Å². The zero-order valence-electron chi connectivity index (χ0n) is 6.33. The summed E-state index contributed by atoms with van der Waals surface area (Å²) in [7, 11) is 0. The van der Waals surface area contributed by atoms with E-state index in [-0.39, 0.29) is 0 Å². The van der Waals surface area contributed by atoms with Crippen molar-refractivity contribution >= 4 is 140 Å². The first-order valence-corrected chi connectivity index (χ1v) is 19.6. The van der Waals surface area contributed by atoms with Gasteiger partial charge in [-0.3, -0.25) is 0 Å². The number of thiol groups is 1. The maximum Gasteiger partial charge on any atom is 0.0537 e. The van der Waals surface area contributed by atoms with E-state index < -0.39 is 21.8 Å². The van der Waals surface area contributed by atoms with E-state index in [9.17, 15) is 0 Å². The van der Waals surface area contributed by atoms with Gasteiger partial charge in [0.2, 0.25) is 0 Å². The summed E-state index contributed by atoms with van der Waals surface area (Å²) in [5.41, 5.74) is 0. The highest BCUT2D eigenvalue weighted by atomic mass is 34.2. The fraction of sp³-hybridized carbons (Fsp3) is 0. The van der Waals surface area contributed by atoms with Crippen LogP contribution in [0.2, 0.25) is 0 Å². The van der Waals surface area contributed by atoms with Crippen LogP contribution in [0.3, 0.4) is 0 Å². The molecule has 0 saturated heterocycles. The lowest BCUT2D eigenvalue weighted by molar-refractivity contribution is 4.39. The van der Waals surface area contributed by atoms with Crippen LogP contribution in [0.5, 0.6) is 0 Å². The highest BCUT2D eigenvalue weighted by Gasteiger charge is 2.25. The van der Waals surface area contributed by atoms with E-state index in [1.165, 1.54) is 4.70 Å². The second-order valence-electron chi connectivity index (χ2n) is 1.83. The summed E-state index contributed by atoms with van der Waals surface area (Å²) in [6.45, 7) is 0. The molecule has 0 aliphatic heterocycles. The summed E-state index contributed by atoms with van der Waals surface area (Å²) in [4.78, 5) is 0. The largest absolute Gasteiger partial charge is 0.0917 e. The van der Waals surface area contributed by atoms with Crippen molar-refractivity contribution < 1.29 is 0 Å². The van der Waals surface area contributed by atoms with Crippen LogP contribution >= 0.6 is 23.9 Å². The number of hydrogen-bond acceptors (Lipinski definition) is 9. The average Bonchev–Trinajstić information content (AvgIpc) is 2.01. The van der Waals surface area contributed by atoms with Gasteiger partial charge in [-0.25, -0.2) is 0 Å². The third-order valence-corrected chi connectivity index (χ3v) is 61.0. The molecule has 90 valence electrons. The zero-order valence-corrected chi connectivity index (χ0v) is 17.8. The summed E-state index contributed by atoms with van der Waals surface area (Å²) in [6.07, 6.45) is -2.30. The molecule has 0 aromatic heterocycles. The summed E-state index contributed by atoms with van der Waals surface area (Å²) in [6, 6.07) is 0. The maximum absolute atomic E-state index is 5.26. The van der Waals surface area contributed by atoms with Crippen LogP contribution < -0.4 is 0 Å². The first-order chi connectivity index (χ1) is 6.31. The van der Waals surface area contributed by atoms with Crippen molar-refractivity contribution in [3.05, 3.63) is 0 Å². The van der Waals surface area contributed by atoms with E-state index in [2.05, 4.69) is 11.7 Å². The molecule has 0 bridgehead atoms. The Bertz CT molecular complexity index is 652. The van der Waals surface area contributed by atoms with Crippen molar-refractivity contribution in [1.29, 1.82) is 0 Å². The van der Waals surface area contributed by atoms with Gasteiger partial charge in [0, 0.05) is 21.8 Å². The van der Waals surface area contributed by atoms with Crippen molar-refractivity contribution in [3.8, 4) is 0 Å². The van der Waals surface area contributed by atoms with Crippen LogP contribution in [0.15, 0.2) is 0 Å². The van der Waals surface area contributed by atoms with Gasteiger partial charge >= 0.3 is 0 Å². The SMILES string of the molecule is S=CS(=S)(=S)S(=S)(=S)S(=S)(=S)S(=S)(=S)S. The molecule has 15 heavy (non-hydrogen) atoms. The minimum Gasteiger partial charge on any atom is -0.0917 e. The van der Waals surface area contributed by atoms with E-state index in [1.54, 1.807) is 0 Å². The molecular formula is CH2S14. The van der Waals surface area contributed by atoms with Crippen molar-refractivity contribution in [2.45, 2.75) is 0 Å². The van der Waals surface area contributed by atoms with Crippen molar-refractivity contribution in [3.63, 3.8) is 0 Å². The molecule has 0 rings (SSSR count). The monoisotopic (exact) mass is 462 g/mol. The Hall–Kier alpha value is 3.60. The first-order valence-electron chi connectivity index (χ1n) is 2.49. The molecule has 0 amide bonds. The van der Waals surface area contributed by atoms with E-state index in [0.29, 0.717) is 0 Å². The van der Waals surface area contributed by atoms with Gasteiger partial charge < -0.3 is 0 Å². The molecule has 0 atom stereocenters. The lowest BCUT2D eigenvalue weighted by Gasteiger charge is -2.20. The standard InChI is InChI=1S/CH2S14/c2-1-12(3,4)14(8,9)15(10,11)13(5,6)7/h1H,(H,5,6,7). The minimum atomic E-state index is -2.46. The molecule has 0 spiro atoms. The van der Waals surface area contributed by atoms with Crippen LogP contribution in [-0.2, 0) is 111 Å². The van der Waals surface area contributed by atoms with Gasteiger partial charge in [0.25, 0.3) is 0 Å². The Morgan fingerprint density at radius 1 is 0.733 bits per heavy atom. The molecule has 0 aromatic rings. The number of rotatable bonds is 4. The Morgan fingerprint density at radius 3 is 1.27 bits per heavy atom. The van der Waals surface area contributed by atoms with Crippen molar-refractivity contribution in [2.75, 3.05) is 0 Å². The van der Waals surface area contributed by atoms with E-state index in [0.717, 1.165) is 0 Å². The predicted molar refractivity (Wildman–Crippen MR) is 111 cm³/mol. The van der Waals surface area contributed by atoms with Crippen molar-refractivity contribution in [2.24, 2.45) is 0 Å². The summed E-state index contributed by atoms with van der Waals surface area (Å²) >= 11 is 50.2. The molecule has 0 saturated carbocycles. The van der Waals surface area contributed by atoms with Crippen LogP contribution in [0.4, 0.5) is 0 Å². The van der Waals surface area contributed by atoms with Gasteiger partial charge in [0.05, 0.1) is 4.70 Å². The van der Waals surface area contributed by atoms with E-state index >= 15 is 0 Å². The Balaban J connectivity index is 6.51. The second kappa shape index (κ2) is 5.93. The van der Waals surface area contributed by atoms with Crippen molar-refractivity contribution in [1.82, 2.24) is 0 Å². The fourth-order valence-corrected chi connectivity index (χ4v) is 49.9.